The number of esters is 1. The van der Waals surface area contributed by atoms with Gasteiger partial charge in [0.1, 0.15) is 0 Å². The van der Waals surface area contributed by atoms with Gasteiger partial charge >= 0.3 is 18.1 Å². The second-order valence-electron chi connectivity index (χ2n) is 4.79. The molecule has 0 saturated carbocycles. The lowest BCUT2D eigenvalue weighted by Gasteiger charge is -2.37. The van der Waals surface area contributed by atoms with Gasteiger partial charge in [-0.25, -0.2) is 4.79 Å². The molecule has 2 unspecified atom stereocenters. The van der Waals surface area contributed by atoms with Crippen molar-refractivity contribution in [3.8, 4) is 0 Å². The Balaban J connectivity index is 3.15. The van der Waals surface area contributed by atoms with Crippen molar-refractivity contribution < 1.29 is 36.2 Å². The van der Waals surface area contributed by atoms with E-state index in [1.165, 1.54) is 6.92 Å². The third-order valence-electron chi connectivity index (χ3n) is 3.11. The van der Waals surface area contributed by atoms with E-state index in [0.29, 0.717) is 6.92 Å². The number of rotatable bonds is 2. The second-order valence-corrected chi connectivity index (χ2v) is 4.79. The van der Waals surface area contributed by atoms with E-state index < -0.39 is 35.9 Å². The highest BCUT2D eigenvalue weighted by atomic mass is 19.4. The van der Waals surface area contributed by atoms with Gasteiger partial charge in [0.2, 0.25) is 5.60 Å². The summed E-state index contributed by atoms with van der Waals surface area (Å²) in [6.45, 7) is 4.24. The Labute approximate surface area is 106 Å². The first-order valence-corrected chi connectivity index (χ1v) is 5.26. The van der Waals surface area contributed by atoms with Crippen LogP contribution in [0.3, 0.4) is 0 Å². The molecular weight excluding hydrogens is 275 g/mol. The van der Waals surface area contributed by atoms with Crippen LogP contribution in [-0.2, 0) is 14.3 Å². The van der Waals surface area contributed by atoms with Crippen LogP contribution in [0.1, 0.15) is 20.8 Å². The van der Waals surface area contributed by atoms with Crippen molar-refractivity contribution in [1.82, 2.24) is 0 Å². The maximum absolute atomic E-state index is 14.0. The Kier molecular flexibility index (Phi) is 3.47. The maximum Gasteiger partial charge on any atom is 0.423 e. The molecule has 110 valence electrons. The van der Waals surface area contributed by atoms with Crippen LogP contribution in [0.5, 0.6) is 0 Å². The number of alkyl halides is 5. The molecule has 0 amide bonds. The summed E-state index contributed by atoms with van der Waals surface area (Å²) in [5.41, 5.74) is -6.60. The van der Waals surface area contributed by atoms with Crippen LogP contribution >= 0.6 is 0 Å². The molecule has 8 heteroatoms. The summed E-state index contributed by atoms with van der Waals surface area (Å²) in [7, 11) is 0. The van der Waals surface area contributed by atoms with E-state index >= 15 is 0 Å². The molecule has 3 nitrogen and oxygen atoms in total. The summed E-state index contributed by atoms with van der Waals surface area (Å²) >= 11 is 0. The summed E-state index contributed by atoms with van der Waals surface area (Å²) in [6.07, 6.45) is -5.30. The van der Waals surface area contributed by atoms with Gasteiger partial charge in [-0.15, -0.1) is 0 Å². The molecule has 19 heavy (non-hydrogen) atoms. The van der Waals surface area contributed by atoms with Crippen molar-refractivity contribution >= 4 is 5.97 Å². The van der Waals surface area contributed by atoms with Gasteiger partial charge in [-0.1, -0.05) is 6.58 Å². The zero-order chi connectivity index (χ0) is 15.3. The van der Waals surface area contributed by atoms with Crippen molar-refractivity contribution in [1.29, 1.82) is 0 Å². The number of hydrogen-bond donors (Lipinski definition) is 0. The van der Waals surface area contributed by atoms with Gasteiger partial charge in [-0.05, 0) is 20.8 Å². The molecule has 1 aliphatic rings. The van der Waals surface area contributed by atoms with Crippen LogP contribution in [-0.4, -0.2) is 35.9 Å². The van der Waals surface area contributed by atoms with Crippen LogP contribution < -0.4 is 0 Å². The second kappa shape index (κ2) is 4.16. The first-order valence-electron chi connectivity index (χ1n) is 5.26. The molecule has 1 fully saturated rings. The predicted molar refractivity (Wildman–Crippen MR) is 54.7 cm³/mol. The topological polar surface area (TPSA) is 35.5 Å². The standard InChI is InChI=1S/C11H13F5O3/c1-6(2)7(17)19-8(3)5-18-9(4,10(8,12)13)11(14,15)16/h1,5H2,2-4H3. The van der Waals surface area contributed by atoms with Crippen molar-refractivity contribution in [3.05, 3.63) is 12.2 Å². The smallest absolute Gasteiger partial charge is 0.423 e. The molecule has 1 saturated heterocycles. The van der Waals surface area contributed by atoms with E-state index in [1.54, 1.807) is 0 Å². The Morgan fingerprint density at radius 2 is 1.79 bits per heavy atom. The van der Waals surface area contributed by atoms with Gasteiger partial charge < -0.3 is 9.47 Å². The van der Waals surface area contributed by atoms with Crippen LogP contribution in [0.2, 0.25) is 0 Å². The normalized spacial score (nSPS) is 34.1. The lowest BCUT2D eigenvalue weighted by atomic mass is 9.87. The van der Waals surface area contributed by atoms with Crippen LogP contribution in [0.25, 0.3) is 0 Å². The number of hydrogen-bond acceptors (Lipinski definition) is 3. The number of halogens is 5. The summed E-state index contributed by atoms with van der Waals surface area (Å²) in [6, 6.07) is 0. The van der Waals surface area contributed by atoms with E-state index in [1.807, 2.05) is 0 Å². The molecule has 0 spiro atoms. The fourth-order valence-corrected chi connectivity index (χ4v) is 1.61. The van der Waals surface area contributed by atoms with E-state index in [9.17, 15) is 26.7 Å². The van der Waals surface area contributed by atoms with Crippen LogP contribution in [0, 0.1) is 0 Å². The van der Waals surface area contributed by atoms with Gasteiger partial charge in [0.15, 0.2) is 5.60 Å². The fraction of sp³-hybridized carbons (Fsp3) is 0.727. The van der Waals surface area contributed by atoms with Crippen LogP contribution in [0.4, 0.5) is 22.0 Å². The molecule has 1 aliphatic heterocycles. The maximum atomic E-state index is 14.0. The van der Waals surface area contributed by atoms with Crippen molar-refractivity contribution in [3.63, 3.8) is 0 Å². The molecule has 1 rings (SSSR count). The molecule has 0 aromatic carbocycles. The van der Waals surface area contributed by atoms with Gasteiger partial charge in [0.25, 0.3) is 0 Å². The lowest BCUT2D eigenvalue weighted by molar-refractivity contribution is -0.320. The number of ether oxygens (including phenoxy) is 2. The molecule has 0 bridgehead atoms. The highest BCUT2D eigenvalue weighted by Crippen LogP contribution is 2.55. The summed E-state index contributed by atoms with van der Waals surface area (Å²) < 4.78 is 74.9. The quantitative estimate of drug-likeness (QED) is 0.445. The predicted octanol–water partition coefficient (Wildman–Crippen LogP) is 2.85. The molecule has 0 N–H and O–H groups in total. The molecule has 0 radical (unpaired) electrons. The van der Waals surface area contributed by atoms with E-state index in [0.717, 1.165) is 0 Å². The molecule has 2 atom stereocenters. The highest BCUT2D eigenvalue weighted by Gasteiger charge is 2.80. The first kappa shape index (κ1) is 15.9. The van der Waals surface area contributed by atoms with E-state index in [4.69, 9.17) is 0 Å². The third kappa shape index (κ3) is 2.11. The Bertz CT molecular complexity index is 417. The monoisotopic (exact) mass is 288 g/mol. The first-order chi connectivity index (χ1) is 8.28. The Morgan fingerprint density at radius 1 is 1.32 bits per heavy atom. The minimum absolute atomic E-state index is 0.197. The molecular formula is C11H13F5O3. The summed E-state index contributed by atoms with van der Waals surface area (Å²) in [5.74, 6) is -5.62. The molecule has 1 heterocycles. The third-order valence-corrected chi connectivity index (χ3v) is 3.11. The van der Waals surface area contributed by atoms with Gasteiger partial charge in [-0.2, -0.15) is 22.0 Å². The lowest BCUT2D eigenvalue weighted by Crippen LogP contribution is -2.61. The minimum atomic E-state index is -5.30. The Hall–Kier alpha value is -1.18. The zero-order valence-corrected chi connectivity index (χ0v) is 10.5. The minimum Gasteiger partial charge on any atom is -0.447 e. The van der Waals surface area contributed by atoms with Gasteiger partial charge in [0.05, 0.1) is 6.61 Å². The number of carbonyl (C=O) groups excluding carboxylic acids is 1. The van der Waals surface area contributed by atoms with Crippen LogP contribution in [0.15, 0.2) is 12.2 Å². The van der Waals surface area contributed by atoms with E-state index in [-0.39, 0.29) is 12.5 Å². The summed E-state index contributed by atoms with van der Waals surface area (Å²) in [4.78, 5) is 11.3. The Morgan fingerprint density at radius 3 is 2.11 bits per heavy atom. The average molecular weight is 288 g/mol. The molecule has 0 aliphatic carbocycles. The van der Waals surface area contributed by atoms with Crippen molar-refractivity contribution in [2.24, 2.45) is 0 Å². The molecule has 0 aromatic rings. The average Bonchev–Trinajstić information content (AvgIpc) is 2.39. The van der Waals surface area contributed by atoms with E-state index in [2.05, 4.69) is 16.1 Å². The van der Waals surface area contributed by atoms with Crippen molar-refractivity contribution in [2.75, 3.05) is 6.61 Å². The summed E-state index contributed by atoms with van der Waals surface area (Å²) in [5, 5.41) is 0. The zero-order valence-electron chi connectivity index (χ0n) is 10.5. The SMILES string of the molecule is C=C(C)C(=O)OC1(C)COC(C)(C(F)(F)F)C1(F)F. The number of carbonyl (C=O) groups is 1. The van der Waals surface area contributed by atoms with Gasteiger partial charge in [0, 0.05) is 5.57 Å². The molecule has 0 aromatic heterocycles. The van der Waals surface area contributed by atoms with Crippen molar-refractivity contribution in [2.45, 2.75) is 44.1 Å². The van der Waals surface area contributed by atoms with Gasteiger partial charge in [-0.3, -0.25) is 0 Å². The highest BCUT2D eigenvalue weighted by molar-refractivity contribution is 5.87. The largest absolute Gasteiger partial charge is 0.447 e. The fourth-order valence-electron chi connectivity index (χ4n) is 1.61.